The number of hydrogen-bond donors (Lipinski definition) is 0. The van der Waals surface area contributed by atoms with Crippen molar-refractivity contribution in [3.63, 3.8) is 0 Å². The SMILES string of the molecule is c1ccc(-c2ccc(-c3nc(-c4ccccc4)cc(-c4cccc(-c5nc6ccccc6c6c5c(N(c5ccccc5)c5ccccc5)cc5ccccc56)c4)n3)cc2)cc1. The van der Waals surface area contributed by atoms with Gasteiger partial charge in [0.05, 0.1) is 28.3 Å². The van der Waals surface area contributed by atoms with Gasteiger partial charge in [-0.3, -0.25) is 0 Å². The lowest BCUT2D eigenvalue weighted by Gasteiger charge is -2.28. The molecule has 11 aromatic rings. The summed E-state index contributed by atoms with van der Waals surface area (Å²) >= 11 is 0. The van der Waals surface area contributed by atoms with Gasteiger partial charge >= 0.3 is 0 Å². The highest BCUT2D eigenvalue weighted by Gasteiger charge is 2.23. The van der Waals surface area contributed by atoms with Gasteiger partial charge in [0, 0.05) is 49.8 Å². The Morgan fingerprint density at radius 1 is 0.311 bits per heavy atom. The molecular formula is C57H38N4. The molecule has 61 heavy (non-hydrogen) atoms. The van der Waals surface area contributed by atoms with Crippen LogP contribution in [0.1, 0.15) is 0 Å². The molecule has 4 nitrogen and oxygen atoms in total. The Labute approximate surface area is 354 Å². The van der Waals surface area contributed by atoms with Crippen LogP contribution in [0.25, 0.3) is 88.7 Å². The van der Waals surface area contributed by atoms with E-state index in [1.54, 1.807) is 0 Å². The van der Waals surface area contributed by atoms with Crippen LogP contribution in [0.2, 0.25) is 0 Å². The van der Waals surface area contributed by atoms with Gasteiger partial charge in [-0.25, -0.2) is 15.0 Å². The van der Waals surface area contributed by atoms with Gasteiger partial charge in [0.1, 0.15) is 0 Å². The molecule has 0 radical (unpaired) electrons. The van der Waals surface area contributed by atoms with E-state index in [9.17, 15) is 0 Å². The second kappa shape index (κ2) is 15.5. The summed E-state index contributed by atoms with van der Waals surface area (Å²) in [7, 11) is 0. The monoisotopic (exact) mass is 778 g/mol. The van der Waals surface area contributed by atoms with Crippen molar-refractivity contribution >= 4 is 49.5 Å². The second-order valence-electron chi connectivity index (χ2n) is 15.2. The Hall–Kier alpha value is -8.21. The molecule has 11 rings (SSSR count). The normalized spacial score (nSPS) is 11.3. The number of hydrogen-bond acceptors (Lipinski definition) is 4. The summed E-state index contributed by atoms with van der Waals surface area (Å²) in [5.74, 6) is 0.672. The Bertz CT molecular complexity index is 3280. The molecule has 0 saturated carbocycles. The molecule has 0 N–H and O–H groups in total. The van der Waals surface area contributed by atoms with Gasteiger partial charge in [-0.15, -0.1) is 0 Å². The second-order valence-corrected chi connectivity index (χ2v) is 15.2. The first-order chi connectivity index (χ1) is 30.2. The number of aromatic nitrogens is 3. The van der Waals surface area contributed by atoms with Gasteiger partial charge in [-0.05, 0) is 70.4 Å². The first kappa shape index (κ1) is 35.9. The molecule has 2 aromatic heterocycles. The van der Waals surface area contributed by atoms with Crippen molar-refractivity contribution < 1.29 is 0 Å². The largest absolute Gasteiger partial charge is 0.310 e. The Morgan fingerprint density at radius 2 is 0.820 bits per heavy atom. The zero-order chi connectivity index (χ0) is 40.5. The zero-order valence-corrected chi connectivity index (χ0v) is 33.2. The standard InChI is InChI=1S/C57H38N4/c1-5-18-39(19-6-1)40-32-34-42(35-33-40)57-59-51(41-20-7-2-8-21-41)38-52(60-57)44-23-17-24-45(36-44)56-55-53(61(46-25-9-3-10-26-46)47-27-11-4-12-28-47)37-43-22-13-14-29-48(43)54(55)49-30-15-16-31-50(49)58-56/h1-38H. The van der Waals surface area contributed by atoms with E-state index < -0.39 is 0 Å². The van der Waals surface area contributed by atoms with E-state index in [1.165, 1.54) is 16.3 Å². The zero-order valence-electron chi connectivity index (χ0n) is 33.2. The highest BCUT2D eigenvalue weighted by atomic mass is 15.1. The number of nitrogens with zero attached hydrogens (tertiary/aromatic N) is 4. The molecule has 0 fully saturated rings. The van der Waals surface area contributed by atoms with Crippen molar-refractivity contribution in [2.24, 2.45) is 0 Å². The van der Waals surface area contributed by atoms with Gasteiger partial charge in [-0.2, -0.15) is 0 Å². The maximum absolute atomic E-state index is 5.55. The van der Waals surface area contributed by atoms with E-state index in [4.69, 9.17) is 15.0 Å². The van der Waals surface area contributed by atoms with Crippen LogP contribution in [0.5, 0.6) is 0 Å². The average molecular weight is 779 g/mol. The third-order valence-corrected chi connectivity index (χ3v) is 11.4. The van der Waals surface area contributed by atoms with E-state index in [2.05, 4.69) is 223 Å². The van der Waals surface area contributed by atoms with Crippen LogP contribution in [-0.4, -0.2) is 15.0 Å². The lowest BCUT2D eigenvalue weighted by atomic mass is 9.92. The molecule has 0 spiro atoms. The number of benzene rings is 9. The van der Waals surface area contributed by atoms with E-state index in [-0.39, 0.29) is 0 Å². The van der Waals surface area contributed by atoms with E-state index in [0.717, 1.165) is 83.6 Å². The van der Waals surface area contributed by atoms with Gasteiger partial charge in [0.25, 0.3) is 0 Å². The molecule has 0 amide bonds. The summed E-state index contributed by atoms with van der Waals surface area (Å²) < 4.78 is 0. The first-order valence-corrected chi connectivity index (χ1v) is 20.6. The minimum Gasteiger partial charge on any atom is -0.310 e. The van der Waals surface area contributed by atoms with Crippen LogP contribution < -0.4 is 4.90 Å². The summed E-state index contributed by atoms with van der Waals surface area (Å²) in [5, 5.41) is 5.71. The third-order valence-electron chi connectivity index (χ3n) is 11.4. The van der Waals surface area contributed by atoms with Crippen LogP contribution in [-0.2, 0) is 0 Å². The smallest absolute Gasteiger partial charge is 0.160 e. The molecule has 0 aliphatic heterocycles. The molecule has 0 unspecified atom stereocenters. The van der Waals surface area contributed by atoms with Crippen molar-refractivity contribution in [1.82, 2.24) is 15.0 Å². The molecule has 4 heteroatoms. The van der Waals surface area contributed by atoms with E-state index >= 15 is 0 Å². The van der Waals surface area contributed by atoms with E-state index in [1.807, 2.05) is 12.1 Å². The summed E-state index contributed by atoms with van der Waals surface area (Å²) in [6.07, 6.45) is 0. The fraction of sp³-hybridized carbons (Fsp3) is 0. The minimum absolute atomic E-state index is 0.672. The minimum atomic E-state index is 0.672. The van der Waals surface area contributed by atoms with Crippen molar-refractivity contribution in [1.29, 1.82) is 0 Å². The fourth-order valence-electron chi connectivity index (χ4n) is 8.53. The average Bonchev–Trinajstić information content (AvgIpc) is 3.35. The molecule has 9 aromatic carbocycles. The Balaban J connectivity index is 1.15. The van der Waals surface area contributed by atoms with Gasteiger partial charge < -0.3 is 4.90 Å². The maximum Gasteiger partial charge on any atom is 0.160 e. The van der Waals surface area contributed by atoms with Gasteiger partial charge in [0.15, 0.2) is 5.82 Å². The molecule has 2 heterocycles. The maximum atomic E-state index is 5.55. The van der Waals surface area contributed by atoms with Crippen LogP contribution in [0.4, 0.5) is 17.1 Å². The molecule has 286 valence electrons. The lowest BCUT2D eigenvalue weighted by Crippen LogP contribution is -2.11. The lowest BCUT2D eigenvalue weighted by molar-refractivity contribution is 1.18. The summed E-state index contributed by atoms with van der Waals surface area (Å²) in [4.78, 5) is 18.3. The Morgan fingerprint density at radius 3 is 1.51 bits per heavy atom. The van der Waals surface area contributed by atoms with Gasteiger partial charge in [0.2, 0.25) is 0 Å². The van der Waals surface area contributed by atoms with Crippen molar-refractivity contribution in [2.45, 2.75) is 0 Å². The van der Waals surface area contributed by atoms with Gasteiger partial charge in [-0.1, -0.05) is 182 Å². The quantitative estimate of drug-likeness (QED) is 0.144. The van der Waals surface area contributed by atoms with E-state index in [0.29, 0.717) is 5.82 Å². The van der Waals surface area contributed by atoms with Crippen LogP contribution >= 0.6 is 0 Å². The number of rotatable bonds is 8. The molecule has 0 bridgehead atoms. The van der Waals surface area contributed by atoms with Crippen molar-refractivity contribution in [3.8, 4) is 56.3 Å². The van der Waals surface area contributed by atoms with Crippen molar-refractivity contribution in [3.05, 3.63) is 231 Å². The predicted octanol–water partition coefficient (Wildman–Crippen LogP) is 15.1. The summed E-state index contributed by atoms with van der Waals surface area (Å²) in [6, 6.07) is 80.9. The highest BCUT2D eigenvalue weighted by molar-refractivity contribution is 6.27. The number of anilines is 3. The first-order valence-electron chi connectivity index (χ1n) is 20.6. The fourth-order valence-corrected chi connectivity index (χ4v) is 8.53. The third kappa shape index (κ3) is 6.76. The predicted molar refractivity (Wildman–Crippen MR) is 254 cm³/mol. The van der Waals surface area contributed by atoms with Crippen molar-refractivity contribution in [2.75, 3.05) is 4.90 Å². The molecule has 0 atom stereocenters. The molecule has 0 aliphatic rings. The summed E-state index contributed by atoms with van der Waals surface area (Å²) in [6.45, 7) is 0. The number of fused-ring (bicyclic) bond motifs is 5. The molecular weight excluding hydrogens is 741 g/mol. The number of pyridine rings is 1. The molecule has 0 aliphatic carbocycles. The highest BCUT2D eigenvalue weighted by Crippen LogP contribution is 2.47. The number of para-hydroxylation sites is 3. The van der Waals surface area contributed by atoms with Crippen LogP contribution in [0.15, 0.2) is 231 Å². The topological polar surface area (TPSA) is 41.9 Å². The Kier molecular flexibility index (Phi) is 9.14. The molecule has 0 saturated heterocycles. The summed E-state index contributed by atoms with van der Waals surface area (Å²) in [5.41, 5.74) is 13.0. The van der Waals surface area contributed by atoms with Crippen LogP contribution in [0.3, 0.4) is 0 Å². The van der Waals surface area contributed by atoms with Crippen LogP contribution in [0, 0.1) is 0 Å².